The SMILES string of the molecule is CC(C)[C@@H](c1nnnn1C(C)C)N1CCN(c2ccccc2F)CC1. The average Bonchev–Trinajstić information content (AvgIpc) is 3.05. The molecule has 6 nitrogen and oxygen atoms in total. The molecule has 2 heterocycles. The van der Waals surface area contributed by atoms with Gasteiger partial charge in [-0.2, -0.15) is 0 Å². The Balaban J connectivity index is 1.75. The van der Waals surface area contributed by atoms with E-state index < -0.39 is 0 Å². The summed E-state index contributed by atoms with van der Waals surface area (Å²) < 4.78 is 15.9. The van der Waals surface area contributed by atoms with E-state index in [2.05, 4.69) is 53.0 Å². The number of hydrogen-bond acceptors (Lipinski definition) is 5. The summed E-state index contributed by atoms with van der Waals surface area (Å²) in [7, 11) is 0. The summed E-state index contributed by atoms with van der Waals surface area (Å²) in [4.78, 5) is 4.54. The van der Waals surface area contributed by atoms with Gasteiger partial charge in [0.1, 0.15) is 5.82 Å². The van der Waals surface area contributed by atoms with Crippen LogP contribution in [0.1, 0.15) is 45.6 Å². The van der Waals surface area contributed by atoms with Crippen LogP contribution in [0.4, 0.5) is 10.1 Å². The van der Waals surface area contributed by atoms with Crippen molar-refractivity contribution >= 4 is 5.69 Å². The van der Waals surface area contributed by atoms with Crippen molar-refractivity contribution in [1.82, 2.24) is 25.1 Å². The molecule has 1 aliphatic heterocycles. The quantitative estimate of drug-likeness (QED) is 0.833. The molecule has 0 saturated carbocycles. The summed E-state index contributed by atoms with van der Waals surface area (Å²) in [6, 6.07) is 7.39. The Kier molecular flexibility index (Phi) is 5.32. The topological polar surface area (TPSA) is 50.1 Å². The van der Waals surface area contributed by atoms with Crippen LogP contribution in [-0.4, -0.2) is 51.3 Å². The lowest BCUT2D eigenvalue weighted by atomic mass is 10.00. The molecule has 0 aliphatic carbocycles. The summed E-state index contributed by atoms with van der Waals surface area (Å²) in [6.45, 7) is 11.9. The second kappa shape index (κ2) is 7.47. The fraction of sp³-hybridized carbons (Fsp3) is 0.611. The zero-order valence-corrected chi connectivity index (χ0v) is 15.4. The van der Waals surface area contributed by atoms with E-state index in [0.717, 1.165) is 32.0 Å². The van der Waals surface area contributed by atoms with Crippen LogP contribution in [0.5, 0.6) is 0 Å². The summed E-state index contributed by atoms with van der Waals surface area (Å²) in [5, 5.41) is 12.4. The van der Waals surface area contributed by atoms with E-state index in [0.29, 0.717) is 11.6 Å². The van der Waals surface area contributed by atoms with Crippen LogP contribution >= 0.6 is 0 Å². The van der Waals surface area contributed by atoms with Crippen molar-refractivity contribution in [2.45, 2.75) is 39.8 Å². The third-order valence-corrected chi connectivity index (χ3v) is 4.80. The molecule has 2 aromatic rings. The summed E-state index contributed by atoms with van der Waals surface area (Å²) in [5.41, 5.74) is 0.690. The lowest BCUT2D eigenvalue weighted by molar-refractivity contribution is 0.133. The van der Waals surface area contributed by atoms with Crippen molar-refractivity contribution < 1.29 is 4.39 Å². The predicted molar refractivity (Wildman–Crippen MR) is 96.0 cm³/mol. The van der Waals surface area contributed by atoms with Crippen LogP contribution < -0.4 is 4.90 Å². The van der Waals surface area contributed by atoms with Gasteiger partial charge in [-0.05, 0) is 42.3 Å². The Morgan fingerprint density at radius 2 is 1.68 bits per heavy atom. The van der Waals surface area contributed by atoms with Crippen LogP contribution in [0.2, 0.25) is 0 Å². The minimum Gasteiger partial charge on any atom is -0.367 e. The maximum Gasteiger partial charge on any atom is 0.168 e. The molecule has 25 heavy (non-hydrogen) atoms. The largest absolute Gasteiger partial charge is 0.367 e. The van der Waals surface area contributed by atoms with Gasteiger partial charge in [0.05, 0.1) is 17.8 Å². The van der Waals surface area contributed by atoms with E-state index in [1.807, 2.05) is 16.8 Å². The molecule has 0 N–H and O–H groups in total. The van der Waals surface area contributed by atoms with Gasteiger partial charge in [-0.1, -0.05) is 26.0 Å². The molecule has 1 fully saturated rings. The Morgan fingerprint density at radius 3 is 2.28 bits per heavy atom. The van der Waals surface area contributed by atoms with E-state index >= 15 is 0 Å². The third kappa shape index (κ3) is 3.66. The molecular formula is C18H27FN6. The number of hydrogen-bond donors (Lipinski definition) is 0. The zero-order valence-electron chi connectivity index (χ0n) is 15.4. The predicted octanol–water partition coefficient (Wildman–Crippen LogP) is 2.91. The highest BCUT2D eigenvalue weighted by Crippen LogP contribution is 2.30. The van der Waals surface area contributed by atoms with Gasteiger partial charge in [-0.15, -0.1) is 5.10 Å². The highest BCUT2D eigenvalue weighted by molar-refractivity contribution is 5.48. The molecule has 1 atom stereocenters. The van der Waals surface area contributed by atoms with Crippen LogP contribution in [0.3, 0.4) is 0 Å². The van der Waals surface area contributed by atoms with Crippen LogP contribution in [0.25, 0.3) is 0 Å². The number of anilines is 1. The molecule has 0 unspecified atom stereocenters. The van der Waals surface area contributed by atoms with Gasteiger partial charge in [0.2, 0.25) is 0 Å². The Labute approximate surface area is 148 Å². The van der Waals surface area contributed by atoms with Crippen molar-refractivity contribution in [2.75, 3.05) is 31.1 Å². The number of aromatic nitrogens is 4. The van der Waals surface area contributed by atoms with Gasteiger partial charge in [0.25, 0.3) is 0 Å². The lowest BCUT2D eigenvalue weighted by Crippen LogP contribution is -2.49. The van der Waals surface area contributed by atoms with Gasteiger partial charge in [0.15, 0.2) is 5.82 Å². The highest BCUT2D eigenvalue weighted by atomic mass is 19.1. The fourth-order valence-electron chi connectivity index (χ4n) is 3.60. The molecule has 0 amide bonds. The van der Waals surface area contributed by atoms with Crippen molar-refractivity contribution in [3.05, 3.63) is 35.9 Å². The van der Waals surface area contributed by atoms with E-state index in [1.54, 1.807) is 6.07 Å². The molecule has 0 spiro atoms. The van der Waals surface area contributed by atoms with Gasteiger partial charge >= 0.3 is 0 Å². The first-order valence-corrected chi connectivity index (χ1v) is 9.00. The molecule has 1 aromatic carbocycles. The number of tetrazole rings is 1. The van der Waals surface area contributed by atoms with Crippen LogP contribution in [0.15, 0.2) is 24.3 Å². The Hall–Kier alpha value is -2.02. The first-order valence-electron chi connectivity index (χ1n) is 9.00. The summed E-state index contributed by atoms with van der Waals surface area (Å²) >= 11 is 0. The Morgan fingerprint density at radius 1 is 1.00 bits per heavy atom. The number of para-hydroxylation sites is 1. The normalized spacial score (nSPS) is 17.5. The lowest BCUT2D eigenvalue weighted by Gasteiger charge is -2.41. The molecule has 3 rings (SSSR count). The maximum absolute atomic E-state index is 14.0. The van der Waals surface area contributed by atoms with Gasteiger partial charge in [0, 0.05) is 26.2 Å². The van der Waals surface area contributed by atoms with E-state index in [4.69, 9.17) is 0 Å². The summed E-state index contributed by atoms with van der Waals surface area (Å²) in [6.07, 6.45) is 0. The monoisotopic (exact) mass is 346 g/mol. The number of rotatable bonds is 5. The van der Waals surface area contributed by atoms with Gasteiger partial charge in [-0.25, -0.2) is 9.07 Å². The smallest absolute Gasteiger partial charge is 0.168 e. The van der Waals surface area contributed by atoms with Crippen molar-refractivity contribution in [1.29, 1.82) is 0 Å². The number of halogens is 1. The number of nitrogens with zero attached hydrogens (tertiary/aromatic N) is 6. The van der Waals surface area contributed by atoms with Crippen molar-refractivity contribution in [3.8, 4) is 0 Å². The van der Waals surface area contributed by atoms with E-state index in [-0.39, 0.29) is 17.9 Å². The zero-order chi connectivity index (χ0) is 18.0. The van der Waals surface area contributed by atoms with Gasteiger partial charge < -0.3 is 4.90 Å². The average molecular weight is 346 g/mol. The molecular weight excluding hydrogens is 319 g/mol. The molecule has 1 aromatic heterocycles. The Bertz CT molecular complexity index is 690. The standard InChI is InChI=1S/C18H27FN6/c1-13(2)17(18-20-21-22-25(18)14(3)4)24-11-9-23(10-12-24)16-8-6-5-7-15(16)19/h5-8,13-14,17H,9-12H2,1-4H3/t17-/m0/s1. The first-order chi connectivity index (χ1) is 12.0. The molecule has 7 heteroatoms. The van der Waals surface area contributed by atoms with Crippen molar-refractivity contribution in [3.63, 3.8) is 0 Å². The number of piperazine rings is 1. The summed E-state index contributed by atoms with van der Waals surface area (Å²) in [5.74, 6) is 1.16. The van der Waals surface area contributed by atoms with Crippen molar-refractivity contribution in [2.24, 2.45) is 5.92 Å². The van der Waals surface area contributed by atoms with E-state index in [1.165, 1.54) is 6.07 Å². The number of benzene rings is 1. The first kappa shape index (κ1) is 17.8. The van der Waals surface area contributed by atoms with E-state index in [9.17, 15) is 4.39 Å². The van der Waals surface area contributed by atoms with Crippen LogP contribution in [0, 0.1) is 11.7 Å². The second-order valence-electron chi connectivity index (χ2n) is 7.24. The molecule has 1 aliphatic rings. The second-order valence-corrected chi connectivity index (χ2v) is 7.24. The molecule has 0 radical (unpaired) electrons. The fourth-order valence-corrected chi connectivity index (χ4v) is 3.60. The third-order valence-electron chi connectivity index (χ3n) is 4.80. The molecule has 1 saturated heterocycles. The minimum absolute atomic E-state index is 0.153. The minimum atomic E-state index is -0.153. The molecule has 0 bridgehead atoms. The van der Waals surface area contributed by atoms with Crippen LogP contribution in [-0.2, 0) is 0 Å². The highest BCUT2D eigenvalue weighted by Gasteiger charge is 2.32. The van der Waals surface area contributed by atoms with Gasteiger partial charge in [-0.3, -0.25) is 4.90 Å². The molecule has 136 valence electrons. The maximum atomic E-state index is 14.0.